The average Bonchev–Trinajstić information content (AvgIpc) is 2.92. The summed E-state index contributed by atoms with van der Waals surface area (Å²) < 4.78 is 0. The van der Waals surface area contributed by atoms with Crippen molar-refractivity contribution in [2.24, 2.45) is 0 Å². The normalized spacial score (nSPS) is 26.8. The van der Waals surface area contributed by atoms with E-state index in [1.54, 1.807) is 0 Å². The van der Waals surface area contributed by atoms with Crippen LogP contribution in [0, 0.1) is 0 Å². The lowest BCUT2D eigenvalue weighted by atomic mass is 10.2. The van der Waals surface area contributed by atoms with Crippen LogP contribution in [-0.4, -0.2) is 35.3 Å². The Morgan fingerprint density at radius 2 is 2.29 bits per heavy atom. The molecule has 14 heavy (non-hydrogen) atoms. The van der Waals surface area contributed by atoms with Gasteiger partial charge in [-0.2, -0.15) is 0 Å². The lowest BCUT2D eigenvalue weighted by Crippen LogP contribution is -2.37. The molecule has 2 amide bonds. The molecule has 2 rings (SSSR count). The molecule has 0 aromatic heterocycles. The zero-order chi connectivity index (χ0) is 10.1. The number of hydrogen-bond acceptors (Lipinski definition) is 2. The van der Waals surface area contributed by atoms with Gasteiger partial charge in [0.2, 0.25) is 11.8 Å². The minimum absolute atomic E-state index is 0.0421. The van der Waals surface area contributed by atoms with Gasteiger partial charge in [0.1, 0.15) is 0 Å². The van der Waals surface area contributed by atoms with Gasteiger partial charge in [0.05, 0.1) is 6.04 Å². The van der Waals surface area contributed by atoms with Crippen LogP contribution in [0.3, 0.4) is 0 Å². The predicted octanol–water partition coefficient (Wildman–Crippen LogP) is 0.276. The Balaban J connectivity index is 1.86. The first kappa shape index (κ1) is 9.49. The van der Waals surface area contributed by atoms with Crippen LogP contribution < -0.4 is 5.32 Å². The molecular formula is C10H16N2O2. The highest BCUT2D eigenvalue weighted by atomic mass is 16.2. The fourth-order valence-electron chi connectivity index (χ4n) is 1.90. The van der Waals surface area contributed by atoms with Crippen molar-refractivity contribution in [1.82, 2.24) is 10.2 Å². The molecule has 2 fully saturated rings. The Kier molecular flexibility index (Phi) is 2.44. The molecule has 2 aliphatic rings. The summed E-state index contributed by atoms with van der Waals surface area (Å²) in [7, 11) is 0. The number of nitrogens with one attached hydrogen (secondary N) is 1. The van der Waals surface area contributed by atoms with Gasteiger partial charge in [-0.15, -0.1) is 0 Å². The van der Waals surface area contributed by atoms with Crippen LogP contribution in [0.1, 0.15) is 32.6 Å². The lowest BCUT2D eigenvalue weighted by Gasteiger charge is -2.15. The van der Waals surface area contributed by atoms with Crippen LogP contribution in [0.25, 0.3) is 0 Å². The number of carbonyl (C=O) groups excluding carboxylic acids is 2. The first-order valence-corrected chi connectivity index (χ1v) is 5.29. The molecular weight excluding hydrogens is 180 g/mol. The standard InChI is InChI=1S/C10H16N2O2/c1-2-9(13)11-7-5-10(14)12(6-7)8-3-4-8/h7-8H,2-6H2,1H3,(H,11,13). The van der Waals surface area contributed by atoms with Gasteiger partial charge >= 0.3 is 0 Å². The largest absolute Gasteiger partial charge is 0.351 e. The molecule has 1 unspecified atom stereocenters. The van der Waals surface area contributed by atoms with Crippen molar-refractivity contribution in [2.75, 3.05) is 6.54 Å². The van der Waals surface area contributed by atoms with Crippen molar-refractivity contribution in [1.29, 1.82) is 0 Å². The number of nitrogens with zero attached hydrogens (tertiary/aromatic N) is 1. The molecule has 0 radical (unpaired) electrons. The summed E-state index contributed by atoms with van der Waals surface area (Å²) >= 11 is 0. The van der Waals surface area contributed by atoms with Gasteiger partial charge in [-0.25, -0.2) is 0 Å². The van der Waals surface area contributed by atoms with Gasteiger partial charge in [0.15, 0.2) is 0 Å². The van der Waals surface area contributed by atoms with Crippen molar-refractivity contribution in [3.63, 3.8) is 0 Å². The van der Waals surface area contributed by atoms with E-state index in [-0.39, 0.29) is 17.9 Å². The molecule has 0 aromatic carbocycles. The smallest absolute Gasteiger partial charge is 0.225 e. The van der Waals surface area contributed by atoms with E-state index in [0.717, 1.165) is 19.4 Å². The van der Waals surface area contributed by atoms with Crippen molar-refractivity contribution < 1.29 is 9.59 Å². The zero-order valence-corrected chi connectivity index (χ0v) is 8.45. The van der Waals surface area contributed by atoms with Crippen molar-refractivity contribution >= 4 is 11.8 Å². The Morgan fingerprint density at radius 3 is 2.86 bits per heavy atom. The monoisotopic (exact) mass is 196 g/mol. The summed E-state index contributed by atoms with van der Waals surface area (Å²) in [6, 6.07) is 0.529. The Morgan fingerprint density at radius 1 is 1.57 bits per heavy atom. The molecule has 1 heterocycles. The summed E-state index contributed by atoms with van der Waals surface area (Å²) in [5.41, 5.74) is 0. The highest BCUT2D eigenvalue weighted by Gasteiger charge is 2.39. The van der Waals surface area contributed by atoms with Crippen LogP contribution in [0.5, 0.6) is 0 Å². The number of likely N-dealkylation sites (tertiary alicyclic amines) is 1. The molecule has 0 bridgehead atoms. The van der Waals surface area contributed by atoms with E-state index < -0.39 is 0 Å². The zero-order valence-electron chi connectivity index (χ0n) is 8.45. The van der Waals surface area contributed by atoms with E-state index in [9.17, 15) is 9.59 Å². The summed E-state index contributed by atoms with van der Waals surface area (Å²) in [6.45, 7) is 2.54. The number of rotatable bonds is 3. The third-order valence-corrected chi connectivity index (χ3v) is 2.83. The third kappa shape index (κ3) is 1.89. The highest BCUT2D eigenvalue weighted by Crippen LogP contribution is 2.30. The predicted molar refractivity (Wildman–Crippen MR) is 51.6 cm³/mol. The Bertz CT molecular complexity index is 261. The maximum absolute atomic E-state index is 11.5. The molecule has 1 saturated heterocycles. The fourth-order valence-corrected chi connectivity index (χ4v) is 1.90. The van der Waals surface area contributed by atoms with E-state index in [1.165, 1.54) is 0 Å². The molecule has 1 N–H and O–H groups in total. The van der Waals surface area contributed by atoms with Crippen LogP contribution in [0.2, 0.25) is 0 Å². The quantitative estimate of drug-likeness (QED) is 0.704. The van der Waals surface area contributed by atoms with Gasteiger partial charge in [-0.3, -0.25) is 9.59 Å². The van der Waals surface area contributed by atoms with Crippen molar-refractivity contribution in [3.05, 3.63) is 0 Å². The van der Waals surface area contributed by atoms with Crippen LogP contribution in [0.15, 0.2) is 0 Å². The van der Waals surface area contributed by atoms with E-state index in [1.807, 2.05) is 11.8 Å². The first-order valence-electron chi connectivity index (χ1n) is 5.29. The molecule has 78 valence electrons. The molecule has 1 saturated carbocycles. The molecule has 1 atom stereocenters. The summed E-state index contributed by atoms with van der Waals surface area (Å²) in [5, 5.41) is 2.87. The fraction of sp³-hybridized carbons (Fsp3) is 0.800. The average molecular weight is 196 g/mol. The van der Waals surface area contributed by atoms with Crippen molar-refractivity contribution in [2.45, 2.75) is 44.7 Å². The minimum Gasteiger partial charge on any atom is -0.351 e. The molecule has 4 heteroatoms. The highest BCUT2D eigenvalue weighted by molar-refractivity contribution is 5.82. The van der Waals surface area contributed by atoms with Crippen LogP contribution in [-0.2, 0) is 9.59 Å². The lowest BCUT2D eigenvalue weighted by molar-refractivity contribution is -0.128. The second-order valence-corrected chi connectivity index (χ2v) is 4.10. The number of hydrogen-bond donors (Lipinski definition) is 1. The third-order valence-electron chi connectivity index (χ3n) is 2.83. The van der Waals surface area contributed by atoms with Gasteiger partial charge in [0.25, 0.3) is 0 Å². The van der Waals surface area contributed by atoms with E-state index in [2.05, 4.69) is 5.32 Å². The molecule has 1 aliphatic heterocycles. The van der Waals surface area contributed by atoms with Crippen molar-refractivity contribution in [3.8, 4) is 0 Å². The minimum atomic E-state index is 0.0421. The maximum atomic E-state index is 11.5. The van der Waals surface area contributed by atoms with E-state index in [0.29, 0.717) is 18.9 Å². The summed E-state index contributed by atoms with van der Waals surface area (Å²) in [5.74, 6) is 0.245. The molecule has 1 aliphatic carbocycles. The van der Waals surface area contributed by atoms with E-state index >= 15 is 0 Å². The van der Waals surface area contributed by atoms with Gasteiger partial charge in [0, 0.05) is 25.4 Å². The maximum Gasteiger partial charge on any atom is 0.225 e. The SMILES string of the molecule is CCC(=O)NC1CC(=O)N(C2CC2)C1. The van der Waals surface area contributed by atoms with Crippen LogP contribution in [0.4, 0.5) is 0 Å². The van der Waals surface area contributed by atoms with Gasteiger partial charge in [-0.1, -0.05) is 6.92 Å². The molecule has 4 nitrogen and oxygen atoms in total. The Hall–Kier alpha value is -1.06. The Labute approximate surface area is 83.6 Å². The first-order chi connectivity index (χ1) is 6.70. The molecule has 0 spiro atoms. The number of amides is 2. The van der Waals surface area contributed by atoms with Gasteiger partial charge in [-0.05, 0) is 12.8 Å². The number of carbonyl (C=O) groups is 2. The second-order valence-electron chi connectivity index (χ2n) is 4.10. The summed E-state index contributed by atoms with van der Waals surface area (Å²) in [6.07, 6.45) is 3.26. The molecule has 0 aromatic rings. The topological polar surface area (TPSA) is 49.4 Å². The van der Waals surface area contributed by atoms with Crippen LogP contribution >= 0.6 is 0 Å². The van der Waals surface area contributed by atoms with E-state index in [4.69, 9.17) is 0 Å². The summed E-state index contributed by atoms with van der Waals surface area (Å²) in [4.78, 5) is 24.6. The van der Waals surface area contributed by atoms with Gasteiger partial charge < -0.3 is 10.2 Å². The second kappa shape index (κ2) is 3.59.